The second-order valence-corrected chi connectivity index (χ2v) is 11.3. The van der Waals surface area contributed by atoms with Crippen LogP contribution < -0.4 is 5.32 Å². The van der Waals surface area contributed by atoms with Crippen molar-refractivity contribution in [1.82, 2.24) is 18.5 Å². The molecule has 164 valence electrons. The lowest BCUT2D eigenvalue weighted by molar-refractivity contribution is -0.121. The molecule has 29 heavy (non-hydrogen) atoms. The first-order chi connectivity index (χ1) is 13.7. The molecule has 0 bridgehead atoms. The lowest BCUT2D eigenvalue weighted by atomic mass is 9.96. The second kappa shape index (κ2) is 9.38. The van der Waals surface area contributed by atoms with Gasteiger partial charge in [0, 0.05) is 44.1 Å². The number of hydrogen-bond acceptors (Lipinski definition) is 6. The topological polar surface area (TPSA) is 85.9 Å². The molecule has 1 saturated heterocycles. The molecule has 10 heteroatoms. The average molecular weight is 444 g/mol. The van der Waals surface area contributed by atoms with Gasteiger partial charge < -0.3 is 5.32 Å². The molecule has 0 spiro atoms. The molecule has 1 atom stereocenters. The molecule has 0 radical (unpaired) electrons. The molecule has 2 fully saturated rings. The molecule has 1 aromatic heterocycles. The van der Waals surface area contributed by atoms with E-state index in [2.05, 4.69) is 10.3 Å². The van der Waals surface area contributed by atoms with Gasteiger partial charge in [0.25, 0.3) is 10.2 Å². The maximum atomic E-state index is 13.0. The fourth-order valence-electron chi connectivity index (χ4n) is 4.04. The van der Waals surface area contributed by atoms with Crippen LogP contribution in [0.15, 0.2) is 0 Å². The van der Waals surface area contributed by atoms with Crippen molar-refractivity contribution < 1.29 is 13.2 Å². The van der Waals surface area contributed by atoms with Crippen LogP contribution in [0.1, 0.15) is 49.6 Å². The van der Waals surface area contributed by atoms with Crippen LogP contribution in [0.4, 0.5) is 5.13 Å². The second-order valence-electron chi connectivity index (χ2n) is 8.08. The number of carbonyl (C=O) groups excluding carboxylic acids is 1. The summed E-state index contributed by atoms with van der Waals surface area (Å²) in [6, 6.07) is -0.220. The summed E-state index contributed by atoms with van der Waals surface area (Å²) in [5.74, 6) is -0.102. The summed E-state index contributed by atoms with van der Waals surface area (Å²) >= 11 is 1.47. The van der Waals surface area contributed by atoms with Crippen molar-refractivity contribution >= 4 is 32.6 Å². The number of thiazole rings is 1. The molecule has 1 aliphatic carbocycles. The van der Waals surface area contributed by atoms with Crippen LogP contribution in [-0.2, 0) is 15.0 Å². The average Bonchev–Trinajstić information content (AvgIpc) is 3.04. The maximum Gasteiger partial charge on any atom is 0.282 e. The first kappa shape index (κ1) is 22.6. The van der Waals surface area contributed by atoms with Crippen LogP contribution >= 0.6 is 11.3 Å². The molecule has 8 nitrogen and oxygen atoms in total. The summed E-state index contributed by atoms with van der Waals surface area (Å²) < 4.78 is 29.2. The number of nitrogens with zero attached hydrogens (tertiary/aromatic N) is 4. The van der Waals surface area contributed by atoms with Gasteiger partial charge in [-0.25, -0.2) is 4.98 Å². The van der Waals surface area contributed by atoms with E-state index in [0.717, 1.165) is 36.3 Å². The Morgan fingerprint density at radius 3 is 2.34 bits per heavy atom. The smallest absolute Gasteiger partial charge is 0.282 e. The van der Waals surface area contributed by atoms with Gasteiger partial charge in [-0.1, -0.05) is 19.3 Å². The summed E-state index contributed by atoms with van der Waals surface area (Å²) in [6.07, 6.45) is 5.29. The largest absolute Gasteiger partial charge is 0.301 e. The molecular weight excluding hydrogens is 410 g/mol. The van der Waals surface area contributed by atoms with Crippen molar-refractivity contribution in [3.8, 4) is 0 Å². The maximum absolute atomic E-state index is 13.0. The Bertz CT molecular complexity index is 792. The number of aromatic nitrogens is 1. The van der Waals surface area contributed by atoms with Crippen LogP contribution in [0, 0.1) is 13.8 Å². The molecule has 0 aromatic carbocycles. The minimum absolute atomic E-state index is 0.102. The van der Waals surface area contributed by atoms with Crippen LogP contribution in [0.3, 0.4) is 0 Å². The van der Waals surface area contributed by atoms with Gasteiger partial charge in [-0.2, -0.15) is 17.0 Å². The Kier molecular flexibility index (Phi) is 7.32. The van der Waals surface area contributed by atoms with E-state index in [1.165, 1.54) is 17.8 Å². The van der Waals surface area contributed by atoms with Crippen LogP contribution in [0.5, 0.6) is 0 Å². The van der Waals surface area contributed by atoms with Gasteiger partial charge in [-0.05, 0) is 33.6 Å². The molecule has 3 rings (SSSR count). The molecule has 2 heterocycles. The molecule has 1 N–H and O–H groups in total. The van der Waals surface area contributed by atoms with E-state index >= 15 is 0 Å². The molecule has 1 aliphatic heterocycles. The zero-order valence-corrected chi connectivity index (χ0v) is 19.5. The number of carbonyl (C=O) groups is 1. The highest BCUT2D eigenvalue weighted by Crippen LogP contribution is 2.26. The third-order valence-corrected chi connectivity index (χ3v) is 9.27. The SMILES string of the molecule is Cc1nc(NC(=O)C(C)N2CCN(S(=O)(=O)N(C)C3CCCCC3)CC2)sc1C. The summed E-state index contributed by atoms with van der Waals surface area (Å²) in [7, 11) is -1.74. The third-order valence-electron chi connectivity index (χ3n) is 6.24. The number of nitrogens with one attached hydrogen (secondary N) is 1. The van der Waals surface area contributed by atoms with E-state index in [9.17, 15) is 13.2 Å². The van der Waals surface area contributed by atoms with Crippen molar-refractivity contribution in [2.24, 2.45) is 0 Å². The van der Waals surface area contributed by atoms with Gasteiger partial charge in [0.15, 0.2) is 5.13 Å². The number of rotatable bonds is 6. The minimum Gasteiger partial charge on any atom is -0.301 e. The number of amides is 1. The Morgan fingerprint density at radius 1 is 1.17 bits per heavy atom. The van der Waals surface area contributed by atoms with Gasteiger partial charge in [0.05, 0.1) is 11.7 Å². The highest BCUT2D eigenvalue weighted by atomic mass is 32.2. The molecule has 1 aromatic rings. The van der Waals surface area contributed by atoms with Crippen LogP contribution in [0.2, 0.25) is 0 Å². The van der Waals surface area contributed by atoms with E-state index < -0.39 is 10.2 Å². The fourth-order valence-corrected chi connectivity index (χ4v) is 6.43. The van der Waals surface area contributed by atoms with Crippen LogP contribution in [0.25, 0.3) is 0 Å². The zero-order valence-electron chi connectivity index (χ0n) is 17.8. The zero-order chi connectivity index (χ0) is 21.2. The van der Waals surface area contributed by atoms with Crippen molar-refractivity contribution in [2.75, 3.05) is 38.5 Å². The summed E-state index contributed by atoms with van der Waals surface area (Å²) in [5, 5.41) is 3.51. The molecule has 1 saturated carbocycles. The van der Waals surface area contributed by atoms with Crippen molar-refractivity contribution in [3.63, 3.8) is 0 Å². The van der Waals surface area contributed by atoms with Gasteiger partial charge in [-0.15, -0.1) is 11.3 Å². The first-order valence-corrected chi connectivity index (χ1v) is 12.6. The Hall–Kier alpha value is -1.07. The summed E-state index contributed by atoms with van der Waals surface area (Å²) in [6.45, 7) is 7.68. The number of aryl methyl sites for hydroxylation is 2. The molecule has 1 amide bonds. The van der Waals surface area contributed by atoms with Gasteiger partial charge >= 0.3 is 0 Å². The molecule has 2 aliphatic rings. The van der Waals surface area contributed by atoms with E-state index in [4.69, 9.17) is 0 Å². The highest BCUT2D eigenvalue weighted by molar-refractivity contribution is 7.86. The van der Waals surface area contributed by atoms with Crippen molar-refractivity contribution in [2.45, 2.75) is 65.0 Å². The van der Waals surface area contributed by atoms with Crippen molar-refractivity contribution in [1.29, 1.82) is 0 Å². The van der Waals surface area contributed by atoms with Gasteiger partial charge in [-0.3, -0.25) is 9.69 Å². The van der Waals surface area contributed by atoms with Crippen molar-refractivity contribution in [3.05, 3.63) is 10.6 Å². The normalized spacial score (nSPS) is 21.4. The van der Waals surface area contributed by atoms with E-state index in [1.807, 2.05) is 25.7 Å². The Labute approximate surface area is 178 Å². The van der Waals surface area contributed by atoms with E-state index in [0.29, 0.717) is 31.3 Å². The monoisotopic (exact) mass is 443 g/mol. The quantitative estimate of drug-likeness (QED) is 0.729. The van der Waals surface area contributed by atoms with Gasteiger partial charge in [0.1, 0.15) is 0 Å². The standard InChI is InChI=1S/C19H33N5O3S2/c1-14-16(3)28-19(20-14)21-18(25)15(2)23-10-12-24(13-11-23)29(26,27)22(4)17-8-6-5-7-9-17/h15,17H,5-13H2,1-4H3,(H,20,21,25). The van der Waals surface area contributed by atoms with E-state index in [-0.39, 0.29) is 18.0 Å². The Balaban J connectivity index is 1.54. The predicted octanol–water partition coefficient (Wildman–Crippen LogP) is 2.21. The Morgan fingerprint density at radius 2 is 1.79 bits per heavy atom. The molecule has 1 unspecified atom stereocenters. The van der Waals surface area contributed by atoms with Crippen LogP contribution in [-0.4, -0.2) is 78.1 Å². The predicted molar refractivity (Wildman–Crippen MR) is 116 cm³/mol. The summed E-state index contributed by atoms with van der Waals surface area (Å²) in [4.78, 5) is 20.1. The van der Waals surface area contributed by atoms with Gasteiger partial charge in [0.2, 0.25) is 5.91 Å². The number of hydrogen-bond donors (Lipinski definition) is 1. The number of piperazine rings is 1. The third kappa shape index (κ3) is 5.16. The number of anilines is 1. The fraction of sp³-hybridized carbons (Fsp3) is 0.789. The highest BCUT2D eigenvalue weighted by Gasteiger charge is 2.36. The molecular formula is C19H33N5O3S2. The summed E-state index contributed by atoms with van der Waals surface area (Å²) in [5.41, 5.74) is 0.929. The lowest BCUT2D eigenvalue weighted by Crippen LogP contribution is -2.57. The lowest BCUT2D eigenvalue weighted by Gasteiger charge is -2.40. The first-order valence-electron chi connectivity index (χ1n) is 10.4. The minimum atomic E-state index is -3.45. The van der Waals surface area contributed by atoms with E-state index in [1.54, 1.807) is 15.7 Å².